The second-order valence-electron chi connectivity index (χ2n) is 6.41. The molecule has 0 aliphatic carbocycles. The third-order valence-electron chi connectivity index (χ3n) is 4.43. The van der Waals surface area contributed by atoms with E-state index in [9.17, 15) is 9.90 Å². The maximum atomic E-state index is 12.4. The molecule has 0 radical (unpaired) electrons. The summed E-state index contributed by atoms with van der Waals surface area (Å²) < 4.78 is 6.92. The minimum Gasteiger partial charge on any atom is -0.386 e. The summed E-state index contributed by atoms with van der Waals surface area (Å²) in [5, 5.41) is 13.9. The number of nitrogens with zero attached hydrogens (tertiary/aromatic N) is 2. The summed E-state index contributed by atoms with van der Waals surface area (Å²) in [5.74, 6) is 0.423. The van der Waals surface area contributed by atoms with Crippen LogP contribution in [0.25, 0.3) is 0 Å². The van der Waals surface area contributed by atoms with Crippen LogP contribution in [0.4, 0.5) is 5.95 Å². The number of hydrogen-bond acceptors (Lipinski definition) is 6. The number of rotatable bonds is 6. The second-order valence-corrected chi connectivity index (χ2v) is 6.82. The maximum absolute atomic E-state index is 12.4. The highest BCUT2D eigenvalue weighted by atomic mass is 35.5. The van der Waals surface area contributed by atoms with E-state index in [-0.39, 0.29) is 24.9 Å². The van der Waals surface area contributed by atoms with Gasteiger partial charge < -0.3 is 15.2 Å². The zero-order valence-electron chi connectivity index (χ0n) is 14.9. The molecule has 0 saturated heterocycles. The van der Waals surface area contributed by atoms with Crippen LogP contribution in [0, 0.1) is 0 Å². The number of aliphatic hydroxyl groups is 1. The van der Waals surface area contributed by atoms with Gasteiger partial charge in [0.25, 0.3) is 5.56 Å². The minimum absolute atomic E-state index is 0.0438. The zero-order valence-corrected chi connectivity index (χ0v) is 15.6. The van der Waals surface area contributed by atoms with Crippen LogP contribution in [0.5, 0.6) is 0 Å². The van der Waals surface area contributed by atoms with Crippen LogP contribution in [-0.4, -0.2) is 21.4 Å². The third-order valence-corrected chi connectivity index (χ3v) is 4.77. The van der Waals surface area contributed by atoms with Gasteiger partial charge in [-0.3, -0.25) is 10.2 Å². The summed E-state index contributed by atoms with van der Waals surface area (Å²) in [4.78, 5) is 16.8. The van der Waals surface area contributed by atoms with Gasteiger partial charge in [0.05, 0.1) is 18.9 Å². The van der Waals surface area contributed by atoms with Gasteiger partial charge in [-0.05, 0) is 11.6 Å². The van der Waals surface area contributed by atoms with E-state index in [0.29, 0.717) is 22.2 Å². The molecule has 2 heterocycles. The molecular weight excluding hydrogens is 380 g/mol. The highest BCUT2D eigenvalue weighted by Crippen LogP contribution is 2.24. The van der Waals surface area contributed by atoms with E-state index >= 15 is 0 Å². The molecule has 0 bridgehead atoms. The quantitative estimate of drug-likeness (QED) is 0.591. The number of fused-ring (bicyclic) bond motifs is 1. The van der Waals surface area contributed by atoms with Gasteiger partial charge >= 0.3 is 0 Å². The predicted molar refractivity (Wildman–Crippen MR) is 107 cm³/mol. The number of nitrogens with one attached hydrogen (secondary N) is 2. The standard InChI is InChI=1S/C20H19ClN4O3/c21-16-9-5-4-8-15(16)17(26)12-28-11-14-10-18(27)25-20(22-14)23-19(24-25)13-6-2-1-3-7-13/h1-10,17,19,24,26H,11-12H2,(H,22,23). The molecule has 0 saturated carbocycles. The van der Waals surface area contributed by atoms with Gasteiger partial charge in [0.2, 0.25) is 5.95 Å². The van der Waals surface area contributed by atoms with Crippen LogP contribution in [0.1, 0.15) is 29.1 Å². The smallest absolute Gasteiger partial charge is 0.273 e. The third kappa shape index (κ3) is 3.87. The van der Waals surface area contributed by atoms with Gasteiger partial charge in [0.1, 0.15) is 12.3 Å². The molecule has 28 heavy (non-hydrogen) atoms. The lowest BCUT2D eigenvalue weighted by Gasteiger charge is -2.13. The van der Waals surface area contributed by atoms with Gasteiger partial charge in [-0.2, -0.15) is 4.68 Å². The predicted octanol–water partition coefficient (Wildman–Crippen LogP) is 2.81. The van der Waals surface area contributed by atoms with E-state index in [4.69, 9.17) is 16.3 Å². The van der Waals surface area contributed by atoms with Gasteiger partial charge in [-0.15, -0.1) is 0 Å². The monoisotopic (exact) mass is 398 g/mol. The SMILES string of the molecule is O=c1cc(COCC(O)c2ccccc2Cl)nc2n1NC(c1ccccc1)N2. The molecule has 0 fully saturated rings. The van der Waals surface area contributed by atoms with Crippen LogP contribution in [0.15, 0.2) is 65.5 Å². The summed E-state index contributed by atoms with van der Waals surface area (Å²) >= 11 is 6.08. The van der Waals surface area contributed by atoms with Crippen molar-refractivity contribution in [2.24, 2.45) is 0 Å². The van der Waals surface area contributed by atoms with Crippen LogP contribution >= 0.6 is 11.6 Å². The lowest BCUT2D eigenvalue weighted by molar-refractivity contribution is 0.0265. The molecule has 1 aliphatic heterocycles. The molecule has 144 valence electrons. The number of halogens is 1. The van der Waals surface area contributed by atoms with E-state index in [2.05, 4.69) is 15.7 Å². The fourth-order valence-electron chi connectivity index (χ4n) is 3.03. The van der Waals surface area contributed by atoms with Crippen molar-refractivity contribution in [1.82, 2.24) is 9.66 Å². The molecule has 3 N–H and O–H groups in total. The average Bonchev–Trinajstić information content (AvgIpc) is 3.14. The molecule has 1 aliphatic rings. The summed E-state index contributed by atoms with van der Waals surface area (Å²) in [7, 11) is 0. The van der Waals surface area contributed by atoms with E-state index in [1.165, 1.54) is 10.7 Å². The largest absolute Gasteiger partial charge is 0.386 e. The fourth-order valence-corrected chi connectivity index (χ4v) is 3.29. The van der Waals surface area contributed by atoms with Crippen molar-refractivity contribution < 1.29 is 9.84 Å². The number of aromatic nitrogens is 2. The first-order valence-electron chi connectivity index (χ1n) is 8.83. The summed E-state index contributed by atoms with van der Waals surface area (Å²) in [5.41, 5.74) is 4.92. The molecule has 2 unspecified atom stereocenters. The molecule has 1 aromatic heterocycles. The summed E-state index contributed by atoms with van der Waals surface area (Å²) in [6, 6.07) is 18.2. The van der Waals surface area contributed by atoms with E-state index in [0.717, 1.165) is 5.56 Å². The summed E-state index contributed by atoms with van der Waals surface area (Å²) in [6.07, 6.45) is -1.09. The van der Waals surface area contributed by atoms with Crippen molar-refractivity contribution in [3.05, 3.63) is 92.9 Å². The first kappa shape index (κ1) is 18.5. The second kappa shape index (κ2) is 8.02. The van der Waals surface area contributed by atoms with Gasteiger partial charge in [-0.1, -0.05) is 60.1 Å². The minimum atomic E-state index is -0.855. The van der Waals surface area contributed by atoms with Crippen LogP contribution in [0.2, 0.25) is 5.02 Å². The molecule has 2 atom stereocenters. The number of hydrogen-bond donors (Lipinski definition) is 3. The first-order chi connectivity index (χ1) is 13.6. The lowest BCUT2D eigenvalue weighted by Crippen LogP contribution is -2.26. The normalized spacial score (nSPS) is 16.1. The number of anilines is 1. The Morgan fingerprint density at radius 2 is 1.93 bits per heavy atom. The molecule has 2 aromatic carbocycles. The number of ether oxygens (including phenoxy) is 1. The van der Waals surface area contributed by atoms with Crippen LogP contribution < -0.4 is 16.3 Å². The van der Waals surface area contributed by atoms with Gasteiger partial charge in [0, 0.05) is 16.7 Å². The Kier molecular flexibility index (Phi) is 5.29. The van der Waals surface area contributed by atoms with E-state index < -0.39 is 6.10 Å². The Balaban J connectivity index is 1.41. The Bertz CT molecular complexity index is 1030. The Labute approximate surface area is 166 Å². The van der Waals surface area contributed by atoms with Crippen molar-refractivity contribution in [3.8, 4) is 0 Å². The van der Waals surface area contributed by atoms with E-state index in [1.54, 1.807) is 24.3 Å². The molecule has 0 amide bonds. The molecule has 3 aromatic rings. The molecule has 8 heteroatoms. The lowest BCUT2D eigenvalue weighted by atomic mass is 10.1. The van der Waals surface area contributed by atoms with Crippen LogP contribution in [-0.2, 0) is 11.3 Å². The van der Waals surface area contributed by atoms with Crippen molar-refractivity contribution >= 4 is 17.5 Å². The van der Waals surface area contributed by atoms with Gasteiger partial charge in [-0.25, -0.2) is 4.98 Å². The molecular formula is C20H19ClN4O3. The van der Waals surface area contributed by atoms with Crippen molar-refractivity contribution in [2.45, 2.75) is 18.9 Å². The zero-order chi connectivity index (χ0) is 19.5. The van der Waals surface area contributed by atoms with Crippen LogP contribution in [0.3, 0.4) is 0 Å². The molecule has 0 spiro atoms. The highest BCUT2D eigenvalue weighted by molar-refractivity contribution is 6.31. The number of aliphatic hydroxyl groups excluding tert-OH is 1. The maximum Gasteiger partial charge on any atom is 0.273 e. The Hall–Kier alpha value is -2.87. The van der Waals surface area contributed by atoms with Crippen molar-refractivity contribution in [3.63, 3.8) is 0 Å². The average molecular weight is 399 g/mol. The molecule has 4 rings (SSSR count). The van der Waals surface area contributed by atoms with Crippen molar-refractivity contribution in [2.75, 3.05) is 17.3 Å². The highest BCUT2D eigenvalue weighted by Gasteiger charge is 2.23. The Morgan fingerprint density at radius 1 is 1.18 bits per heavy atom. The molecule has 7 nitrogen and oxygen atoms in total. The topological polar surface area (TPSA) is 88.4 Å². The van der Waals surface area contributed by atoms with Gasteiger partial charge in [0.15, 0.2) is 0 Å². The van der Waals surface area contributed by atoms with E-state index in [1.807, 2.05) is 30.3 Å². The summed E-state index contributed by atoms with van der Waals surface area (Å²) in [6.45, 7) is 0.143. The van der Waals surface area contributed by atoms with Crippen molar-refractivity contribution in [1.29, 1.82) is 0 Å². The fraction of sp³-hybridized carbons (Fsp3) is 0.200. The first-order valence-corrected chi connectivity index (χ1v) is 9.21. The Morgan fingerprint density at radius 3 is 2.71 bits per heavy atom. The number of benzene rings is 2.